The third-order valence-electron chi connectivity index (χ3n) is 3.79. The third-order valence-corrected chi connectivity index (χ3v) is 5.02. The van der Waals surface area contributed by atoms with Gasteiger partial charge in [-0.2, -0.15) is 5.43 Å². The summed E-state index contributed by atoms with van der Waals surface area (Å²) < 4.78 is 50.1. The molecule has 2 aromatic rings. The van der Waals surface area contributed by atoms with Crippen LogP contribution in [0.3, 0.4) is 0 Å². The number of rotatable bonds is 4. The molecule has 0 bridgehead atoms. The van der Waals surface area contributed by atoms with Crippen LogP contribution in [0.2, 0.25) is 0 Å². The lowest BCUT2D eigenvalue weighted by atomic mass is 10.3. The SMILES string of the molecule is N[C@@H]1NC(Nc2ccc(S(N)(=O)=O)cc2)NN1C(=S)Nc1c(F)cccc1F. The molecule has 28 heavy (non-hydrogen) atoms. The summed E-state index contributed by atoms with van der Waals surface area (Å²) >= 11 is 5.16. The van der Waals surface area contributed by atoms with Crippen LogP contribution in [0.15, 0.2) is 47.4 Å². The van der Waals surface area contributed by atoms with E-state index < -0.39 is 39.9 Å². The number of hydrazine groups is 1. The van der Waals surface area contributed by atoms with Crippen molar-refractivity contribution in [1.29, 1.82) is 0 Å². The molecular formula is C15H17F2N7O2S2. The van der Waals surface area contributed by atoms with Crippen molar-refractivity contribution in [2.45, 2.75) is 17.5 Å². The van der Waals surface area contributed by atoms with E-state index in [1.807, 2.05) is 0 Å². The molecule has 1 aliphatic heterocycles. The summed E-state index contributed by atoms with van der Waals surface area (Å²) in [5, 5.41) is 14.7. The molecule has 1 fully saturated rings. The lowest BCUT2D eigenvalue weighted by molar-refractivity contribution is 0.309. The van der Waals surface area contributed by atoms with Gasteiger partial charge in [-0.25, -0.2) is 27.7 Å². The fourth-order valence-corrected chi connectivity index (χ4v) is 3.24. The third kappa shape index (κ3) is 4.52. The molecular weight excluding hydrogens is 412 g/mol. The molecule has 0 saturated carbocycles. The molecule has 2 atom stereocenters. The molecule has 9 nitrogen and oxygen atoms in total. The first-order chi connectivity index (χ1) is 13.1. The number of halogens is 2. The predicted octanol–water partition coefficient (Wildman–Crippen LogP) is 0.357. The van der Waals surface area contributed by atoms with Crippen molar-refractivity contribution in [3.8, 4) is 0 Å². The Balaban J connectivity index is 1.65. The predicted molar refractivity (Wildman–Crippen MR) is 104 cm³/mol. The molecule has 1 unspecified atom stereocenters. The summed E-state index contributed by atoms with van der Waals surface area (Å²) in [5.74, 6) is -1.60. The molecule has 0 amide bonds. The summed E-state index contributed by atoms with van der Waals surface area (Å²) in [4.78, 5) is -0.0268. The Morgan fingerprint density at radius 1 is 1.14 bits per heavy atom. The highest BCUT2D eigenvalue weighted by molar-refractivity contribution is 7.89. The van der Waals surface area contributed by atoms with Gasteiger partial charge >= 0.3 is 0 Å². The Kier molecular flexibility index (Phi) is 5.74. The van der Waals surface area contributed by atoms with Crippen LogP contribution in [-0.4, -0.2) is 31.1 Å². The van der Waals surface area contributed by atoms with Gasteiger partial charge in [0.05, 0.1) is 4.90 Å². The zero-order valence-corrected chi connectivity index (χ0v) is 15.8. The van der Waals surface area contributed by atoms with E-state index in [2.05, 4.69) is 21.4 Å². The first-order valence-corrected chi connectivity index (χ1v) is 9.82. The number of hydrogen-bond acceptors (Lipinski definition) is 7. The van der Waals surface area contributed by atoms with Gasteiger partial charge in [-0.05, 0) is 48.6 Å². The van der Waals surface area contributed by atoms with Crippen LogP contribution in [0, 0.1) is 11.6 Å². The van der Waals surface area contributed by atoms with Crippen molar-refractivity contribution in [2.75, 3.05) is 10.6 Å². The number of hydrogen-bond donors (Lipinski definition) is 6. The molecule has 0 radical (unpaired) electrons. The van der Waals surface area contributed by atoms with Crippen molar-refractivity contribution >= 4 is 38.7 Å². The second-order valence-electron chi connectivity index (χ2n) is 5.78. The van der Waals surface area contributed by atoms with E-state index in [0.717, 1.165) is 12.1 Å². The molecule has 1 aliphatic rings. The molecule has 1 heterocycles. The molecule has 13 heteroatoms. The van der Waals surface area contributed by atoms with Crippen molar-refractivity contribution in [3.05, 3.63) is 54.1 Å². The monoisotopic (exact) mass is 429 g/mol. The Morgan fingerprint density at radius 2 is 1.75 bits per heavy atom. The second-order valence-corrected chi connectivity index (χ2v) is 7.73. The average molecular weight is 429 g/mol. The van der Waals surface area contributed by atoms with Gasteiger partial charge in [-0.3, -0.25) is 10.7 Å². The Hall–Kier alpha value is -2.42. The second kappa shape index (κ2) is 7.90. The maximum absolute atomic E-state index is 13.8. The first-order valence-electron chi connectivity index (χ1n) is 7.86. The van der Waals surface area contributed by atoms with Crippen LogP contribution >= 0.6 is 12.2 Å². The standard InChI is InChI=1S/C15H17F2N7O2S2/c16-10-2-1-3-11(17)12(10)21-15(27)24-13(18)22-14(23-24)20-8-4-6-9(7-5-8)28(19,25)26/h1-7,13-14,20,22-23H,18H2,(H,21,27)(H2,19,25,26)/t13-,14?/m1/s1. The molecule has 150 valence electrons. The summed E-state index contributed by atoms with van der Waals surface area (Å²) in [5.41, 5.74) is 8.99. The lowest BCUT2D eigenvalue weighted by Gasteiger charge is -2.23. The number of thiocarbonyl (C=S) groups is 1. The van der Waals surface area contributed by atoms with Crippen LogP contribution in [-0.2, 0) is 10.0 Å². The summed E-state index contributed by atoms with van der Waals surface area (Å²) in [6.45, 7) is 0. The normalized spacial score (nSPS) is 19.5. The minimum absolute atomic E-state index is 0.0268. The van der Waals surface area contributed by atoms with E-state index in [1.165, 1.54) is 35.3 Å². The van der Waals surface area contributed by atoms with Gasteiger partial charge < -0.3 is 10.6 Å². The fourth-order valence-electron chi connectivity index (χ4n) is 2.45. The maximum atomic E-state index is 13.8. The van der Waals surface area contributed by atoms with Gasteiger partial charge in [0.2, 0.25) is 10.0 Å². The molecule has 0 spiro atoms. The number of sulfonamides is 1. The van der Waals surface area contributed by atoms with E-state index >= 15 is 0 Å². The van der Waals surface area contributed by atoms with E-state index in [4.69, 9.17) is 23.1 Å². The minimum atomic E-state index is -3.79. The van der Waals surface area contributed by atoms with E-state index in [1.54, 1.807) is 0 Å². The fraction of sp³-hybridized carbons (Fsp3) is 0.133. The number of nitrogens with two attached hydrogens (primary N) is 2. The van der Waals surface area contributed by atoms with Gasteiger partial charge in [0.1, 0.15) is 17.3 Å². The zero-order chi connectivity index (χ0) is 20.5. The van der Waals surface area contributed by atoms with Crippen LogP contribution in [0.4, 0.5) is 20.2 Å². The number of benzene rings is 2. The van der Waals surface area contributed by atoms with Crippen LogP contribution in [0.25, 0.3) is 0 Å². The highest BCUT2D eigenvalue weighted by Crippen LogP contribution is 2.19. The maximum Gasteiger partial charge on any atom is 0.238 e. The zero-order valence-electron chi connectivity index (χ0n) is 14.2. The van der Waals surface area contributed by atoms with Gasteiger partial charge in [-0.15, -0.1) is 0 Å². The Labute approximate surface area is 165 Å². The van der Waals surface area contributed by atoms with Crippen LogP contribution in [0.5, 0.6) is 0 Å². The first kappa shape index (κ1) is 20.3. The van der Waals surface area contributed by atoms with Crippen LogP contribution < -0.4 is 32.2 Å². The highest BCUT2D eigenvalue weighted by atomic mass is 32.2. The quantitative estimate of drug-likeness (QED) is 0.380. The number of nitrogens with zero attached hydrogens (tertiary/aromatic N) is 1. The minimum Gasteiger partial charge on any atom is -0.356 e. The molecule has 0 aromatic heterocycles. The highest BCUT2D eigenvalue weighted by Gasteiger charge is 2.30. The van der Waals surface area contributed by atoms with E-state index in [0.29, 0.717) is 5.69 Å². The molecule has 1 saturated heterocycles. The summed E-state index contributed by atoms with van der Waals surface area (Å²) in [6, 6.07) is 9.15. The van der Waals surface area contributed by atoms with E-state index in [9.17, 15) is 17.2 Å². The van der Waals surface area contributed by atoms with Crippen molar-refractivity contribution in [1.82, 2.24) is 15.8 Å². The van der Waals surface area contributed by atoms with Gasteiger partial charge in [0.15, 0.2) is 17.7 Å². The number of anilines is 2. The van der Waals surface area contributed by atoms with Crippen molar-refractivity contribution in [3.63, 3.8) is 0 Å². The van der Waals surface area contributed by atoms with Gasteiger partial charge in [-0.1, -0.05) is 6.07 Å². The van der Waals surface area contributed by atoms with Gasteiger partial charge in [0.25, 0.3) is 0 Å². The van der Waals surface area contributed by atoms with Crippen LogP contribution in [0.1, 0.15) is 0 Å². The van der Waals surface area contributed by atoms with Crippen molar-refractivity contribution < 1.29 is 17.2 Å². The molecule has 8 N–H and O–H groups in total. The largest absolute Gasteiger partial charge is 0.356 e. The lowest BCUT2D eigenvalue weighted by Crippen LogP contribution is -2.51. The summed E-state index contributed by atoms with van der Waals surface area (Å²) in [7, 11) is -3.79. The summed E-state index contributed by atoms with van der Waals surface area (Å²) in [6.07, 6.45) is -1.41. The Morgan fingerprint density at radius 3 is 2.32 bits per heavy atom. The van der Waals surface area contributed by atoms with E-state index in [-0.39, 0.29) is 10.0 Å². The van der Waals surface area contributed by atoms with Crippen molar-refractivity contribution in [2.24, 2.45) is 10.9 Å². The number of para-hydroxylation sites is 1. The number of nitrogens with one attached hydrogen (secondary N) is 4. The molecule has 3 rings (SSSR count). The smallest absolute Gasteiger partial charge is 0.238 e. The Bertz CT molecular complexity index is 968. The average Bonchev–Trinajstić information content (AvgIpc) is 2.98. The molecule has 0 aliphatic carbocycles. The molecule has 2 aromatic carbocycles. The topological polar surface area (TPSA) is 138 Å². The number of primary sulfonamides is 1. The van der Waals surface area contributed by atoms with Gasteiger partial charge in [0, 0.05) is 5.69 Å².